The van der Waals surface area contributed by atoms with Gasteiger partial charge in [-0.3, -0.25) is 14.5 Å². The molecular weight excluding hydrogens is 276 g/mol. The third-order valence-corrected chi connectivity index (χ3v) is 3.79. The van der Waals surface area contributed by atoms with Crippen molar-refractivity contribution in [3.05, 3.63) is 0 Å². The molecule has 2 heterocycles. The highest BCUT2D eigenvalue weighted by atomic mass is 16.6. The van der Waals surface area contributed by atoms with E-state index in [9.17, 15) is 14.4 Å². The number of hydrogen-bond donors (Lipinski definition) is 0. The van der Waals surface area contributed by atoms with Gasteiger partial charge in [0.1, 0.15) is 17.7 Å². The van der Waals surface area contributed by atoms with Gasteiger partial charge < -0.3 is 14.4 Å². The van der Waals surface area contributed by atoms with Crippen LogP contribution in [-0.4, -0.2) is 65.7 Å². The van der Waals surface area contributed by atoms with E-state index in [4.69, 9.17) is 4.74 Å². The number of β-lactam (4-membered cyclic amide) rings is 1. The molecule has 0 aromatic rings. The first-order valence-electron chi connectivity index (χ1n) is 7.06. The first kappa shape index (κ1) is 15.6. The molecule has 1 spiro atoms. The van der Waals surface area contributed by atoms with E-state index in [0.29, 0.717) is 19.5 Å². The van der Waals surface area contributed by atoms with Crippen molar-refractivity contribution < 1.29 is 23.9 Å². The van der Waals surface area contributed by atoms with Crippen LogP contribution in [0.1, 0.15) is 33.6 Å². The monoisotopic (exact) mass is 298 g/mol. The highest BCUT2D eigenvalue weighted by molar-refractivity contribution is 5.98. The molecule has 0 aromatic carbocycles. The zero-order valence-electron chi connectivity index (χ0n) is 13.0. The number of carbonyl (C=O) groups excluding carboxylic acids is 3. The van der Waals surface area contributed by atoms with Crippen LogP contribution in [0.4, 0.5) is 4.79 Å². The summed E-state index contributed by atoms with van der Waals surface area (Å²) in [5, 5.41) is 0. The molecule has 2 saturated heterocycles. The van der Waals surface area contributed by atoms with E-state index in [2.05, 4.69) is 4.74 Å². The van der Waals surface area contributed by atoms with Crippen molar-refractivity contribution in [2.24, 2.45) is 0 Å². The summed E-state index contributed by atoms with van der Waals surface area (Å²) in [6.45, 7) is 6.17. The van der Waals surface area contributed by atoms with Crippen LogP contribution in [0.3, 0.4) is 0 Å². The zero-order valence-corrected chi connectivity index (χ0v) is 13.0. The number of nitrogens with zero attached hydrogens (tertiary/aromatic N) is 2. The van der Waals surface area contributed by atoms with E-state index < -0.39 is 23.2 Å². The van der Waals surface area contributed by atoms with Gasteiger partial charge in [-0.15, -0.1) is 0 Å². The van der Waals surface area contributed by atoms with E-state index >= 15 is 0 Å². The molecule has 2 aliphatic heterocycles. The van der Waals surface area contributed by atoms with Gasteiger partial charge in [0.2, 0.25) is 0 Å². The minimum Gasteiger partial charge on any atom is -0.468 e. The summed E-state index contributed by atoms with van der Waals surface area (Å²) in [5.41, 5.74) is -1.42. The zero-order chi connectivity index (χ0) is 15.8. The molecule has 2 amide bonds. The van der Waals surface area contributed by atoms with Gasteiger partial charge in [-0.05, 0) is 33.6 Å². The fourth-order valence-electron chi connectivity index (χ4n) is 2.85. The number of esters is 1. The molecule has 0 radical (unpaired) electrons. The van der Waals surface area contributed by atoms with Gasteiger partial charge in [-0.25, -0.2) is 4.79 Å². The summed E-state index contributed by atoms with van der Waals surface area (Å²) in [6, 6.07) is 0. The lowest BCUT2D eigenvalue weighted by atomic mass is 9.86. The predicted octanol–water partition coefficient (Wildman–Crippen LogP) is 0.771. The molecule has 0 unspecified atom stereocenters. The topological polar surface area (TPSA) is 76.2 Å². The number of amides is 2. The first-order chi connectivity index (χ1) is 9.69. The summed E-state index contributed by atoms with van der Waals surface area (Å²) >= 11 is 0. The van der Waals surface area contributed by atoms with Crippen molar-refractivity contribution in [1.29, 1.82) is 0 Å². The molecule has 0 saturated carbocycles. The number of ether oxygens (including phenoxy) is 2. The van der Waals surface area contributed by atoms with E-state index in [1.165, 1.54) is 16.9 Å². The maximum absolute atomic E-state index is 12.4. The smallest absolute Gasteiger partial charge is 0.411 e. The molecule has 118 valence electrons. The second-order valence-corrected chi connectivity index (χ2v) is 6.50. The Bertz CT molecular complexity index is 470. The molecule has 0 N–H and O–H groups in total. The standard InChI is InChI=1S/C14H22N2O5/c1-13(2,3)21-12(19)16-7-5-6-14(16)9-15(11(14)18)8-10(17)20-4/h5-9H2,1-4H3/t14-/m1/s1. The number of rotatable bonds is 2. The Morgan fingerprint density at radius 3 is 2.52 bits per heavy atom. The second-order valence-electron chi connectivity index (χ2n) is 6.50. The van der Waals surface area contributed by atoms with Crippen molar-refractivity contribution in [3.8, 4) is 0 Å². The highest BCUT2D eigenvalue weighted by Gasteiger charge is 2.60. The molecule has 21 heavy (non-hydrogen) atoms. The van der Waals surface area contributed by atoms with Crippen LogP contribution in [0.2, 0.25) is 0 Å². The van der Waals surface area contributed by atoms with Crippen LogP contribution < -0.4 is 0 Å². The van der Waals surface area contributed by atoms with Crippen LogP contribution in [0.5, 0.6) is 0 Å². The quantitative estimate of drug-likeness (QED) is 0.556. The summed E-state index contributed by atoms with van der Waals surface area (Å²) in [5.74, 6) is -0.656. The molecule has 2 aliphatic rings. The molecule has 0 aromatic heterocycles. The Labute approximate surface area is 124 Å². The van der Waals surface area contributed by atoms with Crippen molar-refractivity contribution in [2.75, 3.05) is 26.7 Å². The lowest BCUT2D eigenvalue weighted by molar-refractivity contribution is -0.166. The van der Waals surface area contributed by atoms with E-state index in [-0.39, 0.29) is 12.5 Å². The third-order valence-electron chi connectivity index (χ3n) is 3.79. The average molecular weight is 298 g/mol. The molecule has 2 fully saturated rings. The van der Waals surface area contributed by atoms with Gasteiger partial charge in [0.05, 0.1) is 13.7 Å². The summed E-state index contributed by atoms with van der Waals surface area (Å²) in [7, 11) is 1.28. The number of methoxy groups -OCH3 is 1. The lowest BCUT2D eigenvalue weighted by Crippen LogP contribution is -2.73. The van der Waals surface area contributed by atoms with E-state index in [0.717, 1.165) is 6.42 Å². The van der Waals surface area contributed by atoms with Gasteiger partial charge in [0.15, 0.2) is 0 Å². The highest BCUT2D eigenvalue weighted by Crippen LogP contribution is 2.39. The number of hydrogen-bond acceptors (Lipinski definition) is 5. The Hall–Kier alpha value is -1.79. The molecule has 0 aliphatic carbocycles. The van der Waals surface area contributed by atoms with E-state index in [1.54, 1.807) is 20.8 Å². The van der Waals surface area contributed by atoms with Crippen LogP contribution in [0.25, 0.3) is 0 Å². The molecule has 7 heteroatoms. The Morgan fingerprint density at radius 2 is 2.00 bits per heavy atom. The van der Waals surface area contributed by atoms with Gasteiger partial charge >= 0.3 is 12.1 Å². The fraction of sp³-hybridized carbons (Fsp3) is 0.786. The minimum absolute atomic E-state index is 0.0702. The van der Waals surface area contributed by atoms with Crippen molar-refractivity contribution in [3.63, 3.8) is 0 Å². The SMILES string of the molecule is COC(=O)CN1C[C@]2(CCCN2C(=O)OC(C)(C)C)C1=O. The largest absolute Gasteiger partial charge is 0.468 e. The number of likely N-dealkylation sites (tertiary alicyclic amines) is 2. The Kier molecular flexibility index (Phi) is 3.86. The van der Waals surface area contributed by atoms with Crippen LogP contribution in [0.15, 0.2) is 0 Å². The van der Waals surface area contributed by atoms with Crippen LogP contribution >= 0.6 is 0 Å². The van der Waals surface area contributed by atoms with Gasteiger partial charge in [-0.1, -0.05) is 0 Å². The van der Waals surface area contributed by atoms with E-state index in [1.807, 2.05) is 0 Å². The Balaban J connectivity index is 2.04. The fourth-order valence-corrected chi connectivity index (χ4v) is 2.85. The molecule has 0 bridgehead atoms. The molecular formula is C14H22N2O5. The summed E-state index contributed by atoms with van der Waals surface area (Å²) < 4.78 is 9.92. The van der Waals surface area contributed by atoms with Crippen molar-refractivity contribution >= 4 is 18.0 Å². The molecule has 7 nitrogen and oxygen atoms in total. The molecule has 1 atom stereocenters. The van der Waals surface area contributed by atoms with Crippen molar-refractivity contribution in [2.45, 2.75) is 44.8 Å². The predicted molar refractivity (Wildman–Crippen MR) is 73.5 cm³/mol. The summed E-state index contributed by atoms with van der Waals surface area (Å²) in [6.07, 6.45) is 0.908. The number of carbonyl (C=O) groups is 3. The van der Waals surface area contributed by atoms with Crippen molar-refractivity contribution in [1.82, 2.24) is 9.80 Å². The van der Waals surface area contributed by atoms with Crippen LogP contribution in [-0.2, 0) is 19.1 Å². The minimum atomic E-state index is -0.823. The summed E-state index contributed by atoms with van der Waals surface area (Å²) in [4.78, 5) is 38.8. The molecule has 2 rings (SSSR count). The second kappa shape index (κ2) is 5.20. The van der Waals surface area contributed by atoms with Gasteiger partial charge in [-0.2, -0.15) is 0 Å². The Morgan fingerprint density at radius 1 is 1.33 bits per heavy atom. The normalized spacial score (nSPS) is 25.0. The maximum atomic E-state index is 12.4. The maximum Gasteiger partial charge on any atom is 0.411 e. The van der Waals surface area contributed by atoms with Gasteiger partial charge in [0.25, 0.3) is 5.91 Å². The third kappa shape index (κ3) is 2.82. The first-order valence-corrected chi connectivity index (χ1v) is 7.06. The lowest BCUT2D eigenvalue weighted by Gasteiger charge is -2.50. The average Bonchev–Trinajstić information content (AvgIpc) is 2.82. The van der Waals surface area contributed by atoms with Crippen LogP contribution in [0, 0.1) is 0 Å². The van der Waals surface area contributed by atoms with Gasteiger partial charge in [0, 0.05) is 6.54 Å².